The quantitative estimate of drug-likeness (QED) is 0.828. The number of nitrogens with zero attached hydrogens (tertiary/aromatic N) is 2. The van der Waals surface area contributed by atoms with Crippen molar-refractivity contribution in [1.82, 2.24) is 9.78 Å². The van der Waals surface area contributed by atoms with Gasteiger partial charge in [-0.15, -0.1) is 0 Å². The highest BCUT2D eigenvalue weighted by atomic mass is 16.1. The Bertz CT molecular complexity index is 616. The van der Waals surface area contributed by atoms with Crippen molar-refractivity contribution in [2.24, 2.45) is 7.05 Å². The molecule has 100 valence electrons. The number of hydrogen-bond acceptors (Lipinski definition) is 3. The van der Waals surface area contributed by atoms with E-state index in [-0.39, 0.29) is 5.91 Å². The van der Waals surface area contributed by atoms with Crippen LogP contribution in [0.5, 0.6) is 0 Å². The van der Waals surface area contributed by atoms with E-state index in [0.29, 0.717) is 16.9 Å². The maximum atomic E-state index is 12.1. The van der Waals surface area contributed by atoms with Crippen LogP contribution in [0.15, 0.2) is 24.4 Å². The monoisotopic (exact) mass is 258 g/mol. The zero-order chi connectivity index (χ0) is 14.0. The van der Waals surface area contributed by atoms with Crippen LogP contribution < -0.4 is 11.1 Å². The minimum Gasteiger partial charge on any atom is -0.398 e. The Morgan fingerprint density at radius 3 is 2.74 bits per heavy atom. The molecular formula is C14H18N4O. The number of nitrogens with two attached hydrogens (primary N) is 1. The summed E-state index contributed by atoms with van der Waals surface area (Å²) in [7, 11) is 1.81. The van der Waals surface area contributed by atoms with Crippen molar-refractivity contribution in [3.05, 3.63) is 41.2 Å². The Kier molecular flexibility index (Phi) is 3.55. The number of anilines is 2. The molecule has 0 unspecified atom stereocenters. The van der Waals surface area contributed by atoms with Crippen LogP contribution in [-0.4, -0.2) is 15.7 Å². The van der Waals surface area contributed by atoms with Crippen molar-refractivity contribution < 1.29 is 4.79 Å². The highest BCUT2D eigenvalue weighted by Gasteiger charge is 2.13. The van der Waals surface area contributed by atoms with E-state index in [1.165, 1.54) is 0 Å². The third-order valence-electron chi connectivity index (χ3n) is 3.26. The fourth-order valence-electron chi connectivity index (χ4n) is 1.91. The molecule has 0 spiro atoms. The van der Waals surface area contributed by atoms with Gasteiger partial charge in [0, 0.05) is 24.1 Å². The van der Waals surface area contributed by atoms with Gasteiger partial charge in [-0.05, 0) is 31.0 Å². The number of aromatic nitrogens is 2. The lowest BCUT2D eigenvalue weighted by atomic mass is 10.1. The Labute approximate surface area is 112 Å². The number of hydrogen-bond donors (Lipinski definition) is 2. The second-order valence-corrected chi connectivity index (χ2v) is 4.49. The molecule has 0 saturated carbocycles. The summed E-state index contributed by atoms with van der Waals surface area (Å²) >= 11 is 0. The standard InChI is InChI=1S/C14H18N4O/c1-4-10-5-6-11(7-13(10)15)17-14(19)12-8-16-18(3)9(12)2/h5-8H,4,15H2,1-3H3,(H,17,19). The molecule has 5 heteroatoms. The molecule has 0 fully saturated rings. The predicted molar refractivity (Wildman–Crippen MR) is 76.1 cm³/mol. The third-order valence-corrected chi connectivity index (χ3v) is 3.26. The highest BCUT2D eigenvalue weighted by molar-refractivity contribution is 6.05. The predicted octanol–water partition coefficient (Wildman–Crippen LogP) is 2.13. The first-order valence-corrected chi connectivity index (χ1v) is 6.21. The van der Waals surface area contributed by atoms with Gasteiger partial charge >= 0.3 is 0 Å². The van der Waals surface area contributed by atoms with Crippen LogP contribution in [0.1, 0.15) is 28.5 Å². The average molecular weight is 258 g/mol. The van der Waals surface area contributed by atoms with E-state index in [1.807, 2.05) is 26.0 Å². The first kappa shape index (κ1) is 13.1. The number of carbonyl (C=O) groups is 1. The molecule has 0 bridgehead atoms. The van der Waals surface area contributed by atoms with Crippen molar-refractivity contribution >= 4 is 17.3 Å². The largest absolute Gasteiger partial charge is 0.398 e. The molecule has 0 atom stereocenters. The van der Waals surface area contributed by atoms with Gasteiger partial charge in [-0.2, -0.15) is 5.10 Å². The molecule has 0 aliphatic rings. The van der Waals surface area contributed by atoms with Gasteiger partial charge in [0.25, 0.3) is 5.91 Å². The van der Waals surface area contributed by atoms with Crippen molar-refractivity contribution in [3.8, 4) is 0 Å². The second kappa shape index (κ2) is 5.14. The van der Waals surface area contributed by atoms with Gasteiger partial charge in [-0.1, -0.05) is 13.0 Å². The maximum absolute atomic E-state index is 12.1. The highest BCUT2D eigenvalue weighted by Crippen LogP contribution is 2.19. The third kappa shape index (κ3) is 2.59. The van der Waals surface area contributed by atoms with E-state index < -0.39 is 0 Å². The van der Waals surface area contributed by atoms with E-state index in [1.54, 1.807) is 24.0 Å². The van der Waals surface area contributed by atoms with Crippen LogP contribution >= 0.6 is 0 Å². The van der Waals surface area contributed by atoms with E-state index in [0.717, 1.165) is 17.7 Å². The lowest BCUT2D eigenvalue weighted by Gasteiger charge is -2.08. The zero-order valence-corrected chi connectivity index (χ0v) is 11.4. The molecule has 0 aliphatic carbocycles. The van der Waals surface area contributed by atoms with Crippen LogP contribution in [0.3, 0.4) is 0 Å². The lowest BCUT2D eigenvalue weighted by Crippen LogP contribution is -2.13. The number of amides is 1. The molecule has 3 N–H and O–H groups in total. The van der Waals surface area contributed by atoms with E-state index in [4.69, 9.17) is 5.73 Å². The molecule has 2 rings (SSSR count). The van der Waals surface area contributed by atoms with Crippen molar-refractivity contribution in [3.63, 3.8) is 0 Å². The van der Waals surface area contributed by atoms with Crippen molar-refractivity contribution in [2.45, 2.75) is 20.3 Å². The van der Waals surface area contributed by atoms with Crippen LogP contribution in [0.2, 0.25) is 0 Å². The maximum Gasteiger partial charge on any atom is 0.259 e. The van der Waals surface area contributed by atoms with Gasteiger partial charge in [-0.3, -0.25) is 9.48 Å². The summed E-state index contributed by atoms with van der Waals surface area (Å²) in [6.45, 7) is 3.90. The smallest absolute Gasteiger partial charge is 0.259 e. The van der Waals surface area contributed by atoms with Crippen molar-refractivity contribution in [2.75, 3.05) is 11.1 Å². The van der Waals surface area contributed by atoms with Crippen LogP contribution in [0, 0.1) is 6.92 Å². The van der Waals surface area contributed by atoms with Gasteiger partial charge in [0.05, 0.1) is 11.8 Å². The summed E-state index contributed by atoms with van der Waals surface area (Å²) < 4.78 is 1.67. The fraction of sp³-hybridized carbons (Fsp3) is 0.286. The zero-order valence-electron chi connectivity index (χ0n) is 11.4. The summed E-state index contributed by atoms with van der Waals surface area (Å²) in [6.07, 6.45) is 2.44. The molecule has 1 heterocycles. The number of rotatable bonds is 3. The molecule has 2 aromatic rings. The van der Waals surface area contributed by atoms with Gasteiger partial charge in [0.2, 0.25) is 0 Å². The minimum absolute atomic E-state index is 0.172. The van der Waals surface area contributed by atoms with E-state index in [2.05, 4.69) is 10.4 Å². The first-order valence-electron chi connectivity index (χ1n) is 6.21. The Hall–Kier alpha value is -2.30. The molecule has 5 nitrogen and oxygen atoms in total. The minimum atomic E-state index is -0.172. The average Bonchev–Trinajstić information content (AvgIpc) is 2.70. The van der Waals surface area contributed by atoms with Crippen LogP contribution in [0.4, 0.5) is 11.4 Å². The van der Waals surface area contributed by atoms with E-state index in [9.17, 15) is 4.79 Å². The molecule has 1 aromatic heterocycles. The fourth-order valence-corrected chi connectivity index (χ4v) is 1.91. The van der Waals surface area contributed by atoms with Gasteiger partial charge in [0.1, 0.15) is 0 Å². The lowest BCUT2D eigenvalue weighted by molar-refractivity contribution is 0.102. The number of nitrogens with one attached hydrogen (secondary N) is 1. The summed E-state index contributed by atoms with van der Waals surface area (Å²) in [5, 5.41) is 6.89. The molecule has 1 amide bonds. The topological polar surface area (TPSA) is 72.9 Å². The summed E-state index contributed by atoms with van der Waals surface area (Å²) in [5.74, 6) is -0.172. The summed E-state index contributed by atoms with van der Waals surface area (Å²) in [6, 6.07) is 5.57. The first-order chi connectivity index (χ1) is 9.02. The second-order valence-electron chi connectivity index (χ2n) is 4.49. The molecule has 1 aromatic carbocycles. The Morgan fingerprint density at radius 1 is 1.47 bits per heavy atom. The summed E-state index contributed by atoms with van der Waals surface area (Å²) in [5.41, 5.74) is 9.79. The van der Waals surface area contributed by atoms with Crippen LogP contribution in [0.25, 0.3) is 0 Å². The number of carbonyl (C=O) groups excluding carboxylic acids is 1. The Balaban J connectivity index is 2.19. The van der Waals surface area contributed by atoms with Crippen LogP contribution in [-0.2, 0) is 13.5 Å². The van der Waals surface area contributed by atoms with E-state index >= 15 is 0 Å². The molecular weight excluding hydrogens is 240 g/mol. The molecule has 0 saturated heterocycles. The molecule has 0 aliphatic heterocycles. The Morgan fingerprint density at radius 2 is 2.21 bits per heavy atom. The number of nitrogen functional groups attached to an aromatic ring is 1. The number of benzene rings is 1. The van der Waals surface area contributed by atoms with Gasteiger partial charge in [-0.25, -0.2) is 0 Å². The van der Waals surface area contributed by atoms with Gasteiger partial charge in [0.15, 0.2) is 0 Å². The van der Waals surface area contributed by atoms with Crippen molar-refractivity contribution in [1.29, 1.82) is 0 Å². The number of aryl methyl sites for hydroxylation is 2. The van der Waals surface area contributed by atoms with Gasteiger partial charge < -0.3 is 11.1 Å². The SMILES string of the molecule is CCc1ccc(NC(=O)c2cnn(C)c2C)cc1N. The summed E-state index contributed by atoms with van der Waals surface area (Å²) in [4.78, 5) is 12.1. The molecule has 19 heavy (non-hydrogen) atoms. The molecule has 0 radical (unpaired) electrons. The normalized spacial score (nSPS) is 10.5.